The maximum atomic E-state index is 12.7. The molecule has 7 nitrogen and oxygen atoms in total. The molecule has 0 radical (unpaired) electrons. The summed E-state index contributed by atoms with van der Waals surface area (Å²) in [6.45, 7) is 0. The van der Waals surface area contributed by atoms with Crippen molar-refractivity contribution in [2.24, 2.45) is 7.05 Å². The van der Waals surface area contributed by atoms with Crippen LogP contribution in [-0.2, 0) is 11.8 Å². The fourth-order valence-corrected chi connectivity index (χ4v) is 3.49. The minimum Gasteiger partial charge on any atom is -0.468 e. The fraction of sp³-hybridized carbons (Fsp3) is 0.471. The molecule has 0 bridgehead atoms. The number of hydrogen-bond acceptors (Lipinski definition) is 4. The highest BCUT2D eigenvalue weighted by Gasteiger charge is 2.41. The molecule has 3 heterocycles. The molecule has 0 unspecified atom stereocenters. The summed E-state index contributed by atoms with van der Waals surface area (Å²) in [6, 6.07) is 3.09. The van der Waals surface area contributed by atoms with Gasteiger partial charge in [-0.25, -0.2) is 0 Å². The summed E-state index contributed by atoms with van der Waals surface area (Å²) in [4.78, 5) is 26.6. The molecule has 1 saturated carbocycles. The van der Waals surface area contributed by atoms with Crippen molar-refractivity contribution in [3.05, 3.63) is 41.6 Å². The molecule has 1 aliphatic heterocycles. The Labute approximate surface area is 139 Å². The summed E-state index contributed by atoms with van der Waals surface area (Å²) in [5, 5.41) is 7.21. The van der Waals surface area contributed by atoms with Crippen molar-refractivity contribution in [1.29, 1.82) is 0 Å². The Morgan fingerprint density at radius 2 is 2.12 bits per heavy atom. The molecule has 2 aromatic rings. The first kappa shape index (κ1) is 15.0. The van der Waals surface area contributed by atoms with Gasteiger partial charge in [-0.3, -0.25) is 14.3 Å². The second kappa shape index (κ2) is 5.51. The van der Waals surface area contributed by atoms with Crippen LogP contribution >= 0.6 is 0 Å². The zero-order valence-electron chi connectivity index (χ0n) is 13.7. The van der Waals surface area contributed by atoms with Crippen molar-refractivity contribution in [2.75, 3.05) is 7.05 Å². The highest BCUT2D eigenvalue weighted by atomic mass is 16.3. The molecule has 2 atom stereocenters. The van der Waals surface area contributed by atoms with Crippen LogP contribution in [0.25, 0.3) is 0 Å². The number of carbonyl (C=O) groups excluding carboxylic acids is 2. The van der Waals surface area contributed by atoms with E-state index in [-0.39, 0.29) is 30.3 Å². The predicted molar refractivity (Wildman–Crippen MR) is 85.3 cm³/mol. The zero-order chi connectivity index (χ0) is 16.8. The SMILES string of the molecule is CN1C(=O)C[C@@H](NC(=O)c2ccoc2C2CC2)[C@@H]1c1ccnn1C. The number of likely N-dealkylation sites (tertiary alicyclic amines) is 1. The third-order valence-corrected chi connectivity index (χ3v) is 4.95. The van der Waals surface area contributed by atoms with Crippen LogP contribution in [0.3, 0.4) is 0 Å². The topological polar surface area (TPSA) is 80.4 Å². The molecular formula is C17H20N4O3. The quantitative estimate of drug-likeness (QED) is 0.924. The van der Waals surface area contributed by atoms with Gasteiger partial charge >= 0.3 is 0 Å². The molecule has 24 heavy (non-hydrogen) atoms. The summed E-state index contributed by atoms with van der Waals surface area (Å²) in [6.07, 6.45) is 5.68. The number of nitrogens with one attached hydrogen (secondary N) is 1. The van der Waals surface area contributed by atoms with Gasteiger partial charge < -0.3 is 14.6 Å². The van der Waals surface area contributed by atoms with E-state index in [1.54, 1.807) is 35.2 Å². The molecule has 2 aromatic heterocycles. The van der Waals surface area contributed by atoms with Gasteiger partial charge in [-0.2, -0.15) is 5.10 Å². The first-order valence-electron chi connectivity index (χ1n) is 8.18. The van der Waals surface area contributed by atoms with Crippen LogP contribution < -0.4 is 5.32 Å². The smallest absolute Gasteiger partial charge is 0.255 e. The van der Waals surface area contributed by atoms with Gasteiger partial charge in [0.1, 0.15) is 5.76 Å². The lowest BCUT2D eigenvalue weighted by Crippen LogP contribution is -2.39. The number of nitrogens with zero attached hydrogens (tertiary/aromatic N) is 3. The van der Waals surface area contributed by atoms with Gasteiger partial charge in [-0.1, -0.05) is 0 Å². The van der Waals surface area contributed by atoms with E-state index in [2.05, 4.69) is 10.4 Å². The Bertz CT molecular complexity index is 789. The Balaban J connectivity index is 1.58. The third-order valence-electron chi connectivity index (χ3n) is 4.95. The zero-order valence-corrected chi connectivity index (χ0v) is 13.7. The molecule has 1 aliphatic carbocycles. The molecule has 0 aromatic carbocycles. The molecule has 2 aliphatic rings. The predicted octanol–water partition coefficient (Wildman–Crippen LogP) is 1.59. The van der Waals surface area contributed by atoms with E-state index in [1.807, 2.05) is 13.1 Å². The van der Waals surface area contributed by atoms with Crippen LogP contribution in [0.2, 0.25) is 0 Å². The third kappa shape index (κ3) is 2.40. The maximum absolute atomic E-state index is 12.7. The average Bonchev–Trinajstić information content (AvgIpc) is 3.01. The summed E-state index contributed by atoms with van der Waals surface area (Å²) < 4.78 is 7.22. The van der Waals surface area contributed by atoms with Gasteiger partial charge in [0.25, 0.3) is 5.91 Å². The summed E-state index contributed by atoms with van der Waals surface area (Å²) in [5.74, 6) is 0.968. The van der Waals surface area contributed by atoms with Gasteiger partial charge in [0, 0.05) is 32.6 Å². The van der Waals surface area contributed by atoms with Crippen LogP contribution in [-0.4, -0.2) is 39.6 Å². The van der Waals surface area contributed by atoms with Crippen molar-refractivity contribution in [3.63, 3.8) is 0 Å². The lowest BCUT2D eigenvalue weighted by Gasteiger charge is -2.25. The summed E-state index contributed by atoms with van der Waals surface area (Å²) >= 11 is 0. The van der Waals surface area contributed by atoms with E-state index < -0.39 is 0 Å². The van der Waals surface area contributed by atoms with Crippen LogP contribution in [0, 0.1) is 0 Å². The molecule has 7 heteroatoms. The summed E-state index contributed by atoms with van der Waals surface area (Å²) in [7, 11) is 3.60. The second-order valence-corrected chi connectivity index (χ2v) is 6.59. The standard InChI is InChI=1S/C17H20N4O3/c1-20-14(22)9-12(15(20)13-5-7-18-21(13)2)19-17(23)11-6-8-24-16(11)10-3-4-10/h5-8,10,12,15H,3-4,9H2,1-2H3,(H,19,23)/t12-,15-/m1/s1. The molecule has 2 fully saturated rings. The number of aryl methyl sites for hydroxylation is 1. The van der Waals surface area contributed by atoms with E-state index in [0.29, 0.717) is 11.5 Å². The van der Waals surface area contributed by atoms with Crippen molar-refractivity contribution in [1.82, 2.24) is 20.0 Å². The Morgan fingerprint density at radius 3 is 2.79 bits per heavy atom. The van der Waals surface area contributed by atoms with E-state index in [9.17, 15) is 9.59 Å². The first-order valence-corrected chi connectivity index (χ1v) is 8.18. The Kier molecular flexibility index (Phi) is 3.44. The molecule has 1 saturated heterocycles. The Hall–Kier alpha value is -2.57. The van der Waals surface area contributed by atoms with Gasteiger partial charge in [-0.05, 0) is 25.0 Å². The van der Waals surface area contributed by atoms with Crippen LogP contribution in [0.15, 0.2) is 29.0 Å². The molecule has 4 rings (SSSR count). The molecule has 0 spiro atoms. The molecule has 1 N–H and O–H groups in total. The van der Waals surface area contributed by atoms with Gasteiger partial charge in [-0.15, -0.1) is 0 Å². The molecule has 2 amide bonds. The fourth-order valence-electron chi connectivity index (χ4n) is 3.49. The number of amides is 2. The molecule has 126 valence electrons. The monoisotopic (exact) mass is 328 g/mol. The van der Waals surface area contributed by atoms with Crippen LogP contribution in [0.5, 0.6) is 0 Å². The number of carbonyl (C=O) groups is 2. The highest BCUT2D eigenvalue weighted by Crippen LogP contribution is 2.42. The van der Waals surface area contributed by atoms with Gasteiger partial charge in [0.15, 0.2) is 0 Å². The minimum atomic E-state index is -0.285. The highest BCUT2D eigenvalue weighted by molar-refractivity contribution is 5.96. The largest absolute Gasteiger partial charge is 0.468 e. The number of rotatable bonds is 4. The van der Waals surface area contributed by atoms with E-state index in [1.165, 1.54) is 0 Å². The number of furan rings is 1. The van der Waals surface area contributed by atoms with Crippen molar-refractivity contribution in [3.8, 4) is 0 Å². The number of aromatic nitrogens is 2. The van der Waals surface area contributed by atoms with Crippen molar-refractivity contribution >= 4 is 11.8 Å². The minimum absolute atomic E-state index is 0.0149. The molecular weight excluding hydrogens is 308 g/mol. The van der Waals surface area contributed by atoms with Gasteiger partial charge in [0.05, 0.1) is 29.6 Å². The van der Waals surface area contributed by atoms with E-state index in [4.69, 9.17) is 4.42 Å². The van der Waals surface area contributed by atoms with Crippen molar-refractivity contribution < 1.29 is 14.0 Å². The second-order valence-electron chi connectivity index (χ2n) is 6.59. The Morgan fingerprint density at radius 1 is 1.33 bits per heavy atom. The first-order chi connectivity index (χ1) is 11.6. The maximum Gasteiger partial charge on any atom is 0.255 e. The van der Waals surface area contributed by atoms with Gasteiger partial charge in [0.2, 0.25) is 5.91 Å². The van der Waals surface area contributed by atoms with Crippen LogP contribution in [0.1, 0.15) is 53.0 Å². The normalized spacial score (nSPS) is 23.8. The lowest BCUT2D eigenvalue weighted by atomic mass is 10.0. The summed E-state index contributed by atoms with van der Waals surface area (Å²) in [5.41, 5.74) is 1.49. The average molecular weight is 328 g/mol. The van der Waals surface area contributed by atoms with Crippen molar-refractivity contribution in [2.45, 2.75) is 37.3 Å². The van der Waals surface area contributed by atoms with Crippen LogP contribution in [0.4, 0.5) is 0 Å². The van der Waals surface area contributed by atoms with E-state index in [0.717, 1.165) is 24.3 Å². The number of hydrogen-bond donors (Lipinski definition) is 1. The lowest BCUT2D eigenvalue weighted by molar-refractivity contribution is -0.127. The van der Waals surface area contributed by atoms with E-state index >= 15 is 0 Å². The number of likely N-dealkylation sites (N-methyl/N-ethyl adjacent to an activating group) is 1.